The second-order valence-corrected chi connectivity index (χ2v) is 5.55. The van der Waals surface area contributed by atoms with Crippen LogP contribution in [0.5, 0.6) is 0 Å². The van der Waals surface area contributed by atoms with Crippen molar-refractivity contribution in [1.29, 1.82) is 0 Å². The van der Waals surface area contributed by atoms with Gasteiger partial charge in [0.05, 0.1) is 5.41 Å². The third-order valence-corrected chi connectivity index (χ3v) is 4.61. The van der Waals surface area contributed by atoms with Crippen molar-refractivity contribution in [3.63, 3.8) is 0 Å². The van der Waals surface area contributed by atoms with E-state index < -0.39 is 11.4 Å². The number of nitrogens with two attached hydrogens (primary N) is 1. The molecule has 19 heavy (non-hydrogen) atoms. The van der Waals surface area contributed by atoms with Crippen molar-refractivity contribution in [1.82, 2.24) is 0 Å². The molecular formula is C16H23NO2. The fourth-order valence-corrected chi connectivity index (χ4v) is 3.38. The first-order chi connectivity index (χ1) is 9.14. The third-order valence-electron chi connectivity index (χ3n) is 4.61. The van der Waals surface area contributed by atoms with Crippen LogP contribution in [0.2, 0.25) is 0 Å². The van der Waals surface area contributed by atoms with Crippen LogP contribution in [0, 0.1) is 5.41 Å². The molecule has 0 saturated heterocycles. The lowest BCUT2D eigenvalue weighted by molar-refractivity contribution is -0.150. The van der Waals surface area contributed by atoms with Gasteiger partial charge >= 0.3 is 5.97 Å². The molecule has 1 aromatic rings. The maximum Gasteiger partial charge on any atom is 0.310 e. The molecule has 0 spiro atoms. The first-order valence-corrected chi connectivity index (χ1v) is 7.16. The van der Waals surface area contributed by atoms with Crippen molar-refractivity contribution in [2.24, 2.45) is 11.1 Å². The average Bonchev–Trinajstić information content (AvgIpc) is 2.91. The molecule has 3 N–H and O–H groups in total. The highest BCUT2D eigenvalue weighted by Crippen LogP contribution is 2.48. The summed E-state index contributed by atoms with van der Waals surface area (Å²) >= 11 is 0. The summed E-state index contributed by atoms with van der Waals surface area (Å²) in [7, 11) is 0. The lowest BCUT2D eigenvalue weighted by Crippen LogP contribution is -2.38. The molecule has 0 unspecified atom stereocenters. The molecule has 0 bridgehead atoms. The van der Waals surface area contributed by atoms with E-state index in [-0.39, 0.29) is 5.92 Å². The summed E-state index contributed by atoms with van der Waals surface area (Å²) in [6.45, 7) is 2.52. The van der Waals surface area contributed by atoms with Gasteiger partial charge in [-0.25, -0.2) is 0 Å². The predicted molar refractivity (Wildman–Crippen MR) is 76.2 cm³/mol. The minimum atomic E-state index is -0.681. The molecule has 0 amide bonds. The summed E-state index contributed by atoms with van der Waals surface area (Å²) in [5.74, 6) is -0.751. The normalized spacial score (nSPS) is 19.3. The lowest BCUT2D eigenvalue weighted by Gasteiger charge is -2.33. The maximum absolute atomic E-state index is 11.8. The quantitative estimate of drug-likeness (QED) is 0.856. The van der Waals surface area contributed by atoms with E-state index in [9.17, 15) is 9.90 Å². The second-order valence-electron chi connectivity index (χ2n) is 5.55. The second kappa shape index (κ2) is 5.74. The van der Waals surface area contributed by atoms with Crippen molar-refractivity contribution in [3.05, 3.63) is 35.4 Å². The van der Waals surface area contributed by atoms with E-state index in [1.54, 1.807) is 0 Å². The van der Waals surface area contributed by atoms with E-state index in [4.69, 9.17) is 5.73 Å². The van der Waals surface area contributed by atoms with Gasteiger partial charge in [0, 0.05) is 12.5 Å². The van der Waals surface area contributed by atoms with Gasteiger partial charge in [-0.05, 0) is 30.4 Å². The van der Waals surface area contributed by atoms with Gasteiger partial charge in [0.1, 0.15) is 0 Å². The molecular weight excluding hydrogens is 238 g/mol. The summed E-state index contributed by atoms with van der Waals surface area (Å²) in [6, 6.07) is 8.28. The Balaban J connectivity index is 2.34. The Kier molecular flexibility index (Phi) is 4.25. The van der Waals surface area contributed by atoms with Gasteiger partial charge in [-0.1, -0.05) is 44.0 Å². The minimum absolute atomic E-state index is 0.0709. The third kappa shape index (κ3) is 2.52. The zero-order valence-electron chi connectivity index (χ0n) is 11.6. The van der Waals surface area contributed by atoms with Gasteiger partial charge in [-0.2, -0.15) is 0 Å². The molecule has 3 heteroatoms. The Labute approximate surface area is 114 Å². The first-order valence-electron chi connectivity index (χ1n) is 7.16. The molecule has 2 rings (SSSR count). The lowest BCUT2D eigenvalue weighted by atomic mass is 9.70. The zero-order valence-corrected chi connectivity index (χ0v) is 11.6. The van der Waals surface area contributed by atoms with Crippen LogP contribution < -0.4 is 5.73 Å². The van der Waals surface area contributed by atoms with Gasteiger partial charge in [0.15, 0.2) is 0 Å². The standard InChI is InChI=1S/C16H23NO2/c1-2-12-5-7-13(8-6-12)14(11-17)16(15(18)19)9-3-4-10-16/h5-8,14H,2-4,9-11,17H2,1H3,(H,18,19)/t14-/m0/s1. The molecule has 1 fully saturated rings. The monoisotopic (exact) mass is 261 g/mol. The van der Waals surface area contributed by atoms with E-state index in [2.05, 4.69) is 31.2 Å². The molecule has 1 aliphatic carbocycles. The highest BCUT2D eigenvalue weighted by Gasteiger charge is 2.47. The van der Waals surface area contributed by atoms with Crippen LogP contribution in [-0.4, -0.2) is 17.6 Å². The SMILES string of the molecule is CCc1ccc([C@H](CN)C2(C(=O)O)CCCC2)cc1. The van der Waals surface area contributed by atoms with Crippen molar-refractivity contribution in [2.45, 2.75) is 44.9 Å². The molecule has 104 valence electrons. The average molecular weight is 261 g/mol. The number of hydrogen-bond acceptors (Lipinski definition) is 2. The molecule has 0 radical (unpaired) electrons. The number of carboxylic acid groups (broad SMARTS) is 1. The summed E-state index contributed by atoms with van der Waals surface area (Å²) in [5, 5.41) is 9.67. The number of benzene rings is 1. The fourth-order valence-electron chi connectivity index (χ4n) is 3.38. The Morgan fingerprint density at radius 2 is 1.89 bits per heavy atom. The van der Waals surface area contributed by atoms with E-state index in [0.717, 1.165) is 37.7 Å². The minimum Gasteiger partial charge on any atom is -0.481 e. The Morgan fingerprint density at radius 1 is 1.32 bits per heavy atom. The number of aryl methyl sites for hydroxylation is 1. The Bertz CT molecular complexity index is 433. The largest absolute Gasteiger partial charge is 0.481 e. The van der Waals surface area contributed by atoms with Crippen molar-refractivity contribution in [2.75, 3.05) is 6.54 Å². The van der Waals surface area contributed by atoms with Crippen molar-refractivity contribution < 1.29 is 9.90 Å². The molecule has 0 heterocycles. The van der Waals surface area contributed by atoms with Crippen LogP contribution in [0.25, 0.3) is 0 Å². The van der Waals surface area contributed by atoms with Crippen LogP contribution in [0.3, 0.4) is 0 Å². The highest BCUT2D eigenvalue weighted by atomic mass is 16.4. The topological polar surface area (TPSA) is 63.3 Å². The van der Waals surface area contributed by atoms with Crippen molar-refractivity contribution in [3.8, 4) is 0 Å². The van der Waals surface area contributed by atoms with Crippen molar-refractivity contribution >= 4 is 5.97 Å². The van der Waals surface area contributed by atoms with Crippen LogP contribution in [0.15, 0.2) is 24.3 Å². The fraction of sp³-hybridized carbons (Fsp3) is 0.562. The van der Waals surface area contributed by atoms with E-state index in [1.165, 1.54) is 5.56 Å². The molecule has 1 atom stereocenters. The van der Waals surface area contributed by atoms with Crippen LogP contribution in [0.4, 0.5) is 0 Å². The number of carbonyl (C=O) groups is 1. The van der Waals surface area contributed by atoms with E-state index in [0.29, 0.717) is 6.54 Å². The summed E-state index contributed by atoms with van der Waals surface area (Å²) in [4.78, 5) is 11.8. The summed E-state index contributed by atoms with van der Waals surface area (Å²) < 4.78 is 0. The summed E-state index contributed by atoms with van der Waals surface area (Å²) in [5.41, 5.74) is 7.61. The molecule has 1 saturated carbocycles. The molecule has 0 aliphatic heterocycles. The Morgan fingerprint density at radius 3 is 2.32 bits per heavy atom. The molecule has 0 aromatic heterocycles. The van der Waals surface area contributed by atoms with Gasteiger partial charge < -0.3 is 10.8 Å². The number of aliphatic carboxylic acids is 1. The number of hydrogen-bond donors (Lipinski definition) is 2. The maximum atomic E-state index is 11.8. The summed E-state index contributed by atoms with van der Waals surface area (Å²) in [6.07, 6.45) is 4.49. The Hall–Kier alpha value is -1.35. The first kappa shape index (κ1) is 14.1. The van der Waals surface area contributed by atoms with Gasteiger partial charge in [-0.3, -0.25) is 4.79 Å². The molecule has 1 aromatic carbocycles. The van der Waals surface area contributed by atoms with Crippen LogP contribution >= 0.6 is 0 Å². The zero-order chi connectivity index (χ0) is 13.9. The highest BCUT2D eigenvalue weighted by molar-refractivity contribution is 5.76. The number of carboxylic acids is 1. The van der Waals surface area contributed by atoms with Crippen LogP contribution in [-0.2, 0) is 11.2 Å². The smallest absolute Gasteiger partial charge is 0.310 e. The molecule has 1 aliphatic rings. The van der Waals surface area contributed by atoms with Gasteiger partial charge in [-0.15, -0.1) is 0 Å². The van der Waals surface area contributed by atoms with Crippen LogP contribution in [0.1, 0.15) is 49.7 Å². The van der Waals surface area contributed by atoms with Gasteiger partial charge in [0.2, 0.25) is 0 Å². The molecule has 3 nitrogen and oxygen atoms in total. The van der Waals surface area contributed by atoms with E-state index in [1.807, 2.05) is 0 Å². The predicted octanol–water partition coefficient (Wildman–Crippen LogP) is 2.94. The van der Waals surface area contributed by atoms with Gasteiger partial charge in [0.25, 0.3) is 0 Å². The number of rotatable bonds is 5. The van der Waals surface area contributed by atoms with E-state index >= 15 is 0 Å².